The average molecular weight is 1050 g/mol. The fourth-order valence-corrected chi connectivity index (χ4v) is 7.66. The first kappa shape index (κ1) is 69.6. The zero-order chi connectivity index (χ0) is 54.1. The fourth-order valence-electron chi connectivity index (χ4n) is 6.87. The molecule has 0 aliphatic carbocycles. The van der Waals surface area contributed by atoms with E-state index in [0.717, 1.165) is 96.3 Å². The van der Waals surface area contributed by atoms with E-state index in [1.807, 2.05) is 30.4 Å². The highest BCUT2D eigenvalue weighted by Gasteiger charge is 2.28. The molecule has 418 valence electrons. The number of hydrogen-bond acceptors (Lipinski definition) is 10. The lowest BCUT2D eigenvalue weighted by atomic mass is 10.1. The molecule has 0 aromatic heterocycles. The first-order valence-corrected chi connectivity index (χ1v) is 29.6. The van der Waals surface area contributed by atoms with E-state index in [9.17, 15) is 28.9 Å². The Kier molecular flexibility index (Phi) is 51.6. The molecule has 0 aromatic rings. The van der Waals surface area contributed by atoms with Crippen molar-refractivity contribution in [3.8, 4) is 0 Å². The SMILES string of the molecule is CC/C=C\C/C=C\C/C=C\C/C=C\C/C=C\CCCC(=O)OCC(COP(=O)(O)OCC(CO)OC(=O)CCCCCCC/C=C\CCCCCCCC)OC(=O)C/C=C\C/C=C\C/C=C\C/C=C\C/C=C\CC. The van der Waals surface area contributed by atoms with Gasteiger partial charge in [-0.05, 0) is 109 Å². The normalized spacial score (nSPS) is 14.4. The topological polar surface area (TPSA) is 155 Å². The lowest BCUT2D eigenvalue weighted by Gasteiger charge is -2.21. The largest absolute Gasteiger partial charge is 0.472 e. The Bertz CT molecular complexity index is 1750. The molecule has 3 atom stereocenters. The molecule has 11 nitrogen and oxygen atoms in total. The molecule has 0 heterocycles. The lowest BCUT2D eigenvalue weighted by molar-refractivity contribution is -0.160. The minimum absolute atomic E-state index is 0.0843. The molecule has 3 unspecified atom stereocenters. The van der Waals surface area contributed by atoms with Crippen LogP contribution in [0.15, 0.2) is 134 Å². The van der Waals surface area contributed by atoms with Crippen molar-refractivity contribution in [2.45, 2.75) is 213 Å². The quantitative estimate of drug-likeness (QED) is 0.0197. The molecule has 2 N–H and O–H groups in total. The second-order valence-corrected chi connectivity index (χ2v) is 19.4. The summed E-state index contributed by atoms with van der Waals surface area (Å²) in [5, 5.41) is 9.81. The van der Waals surface area contributed by atoms with E-state index in [1.165, 1.54) is 38.5 Å². The Balaban J connectivity index is 4.93. The van der Waals surface area contributed by atoms with Crippen LogP contribution >= 0.6 is 7.82 Å². The zero-order valence-corrected chi connectivity index (χ0v) is 46.9. The van der Waals surface area contributed by atoms with Crippen LogP contribution in [0.5, 0.6) is 0 Å². The Morgan fingerprint density at radius 3 is 1.24 bits per heavy atom. The Hall–Kier alpha value is -4.38. The molecular formula is C62H99O11P. The number of esters is 3. The van der Waals surface area contributed by atoms with Gasteiger partial charge in [-0.1, -0.05) is 206 Å². The van der Waals surface area contributed by atoms with Gasteiger partial charge in [-0.3, -0.25) is 23.4 Å². The first-order chi connectivity index (χ1) is 36.2. The van der Waals surface area contributed by atoms with Crippen LogP contribution in [-0.2, 0) is 42.2 Å². The number of aliphatic hydroxyl groups is 1. The van der Waals surface area contributed by atoms with E-state index >= 15 is 0 Å². The maximum Gasteiger partial charge on any atom is 0.472 e. The van der Waals surface area contributed by atoms with Crippen molar-refractivity contribution in [1.82, 2.24) is 0 Å². The number of carbonyl (C=O) groups is 3. The molecule has 0 saturated heterocycles. The number of phosphoric acid groups is 1. The number of phosphoric ester groups is 1. The molecule has 0 aliphatic rings. The van der Waals surface area contributed by atoms with Crippen molar-refractivity contribution < 1.29 is 52.2 Å². The highest BCUT2D eigenvalue weighted by molar-refractivity contribution is 7.47. The van der Waals surface area contributed by atoms with E-state index in [-0.39, 0.29) is 19.3 Å². The number of carbonyl (C=O) groups excluding carboxylic acids is 3. The molecule has 0 radical (unpaired) electrons. The summed E-state index contributed by atoms with van der Waals surface area (Å²) in [5.41, 5.74) is 0. The molecular weight excluding hydrogens is 952 g/mol. The highest BCUT2D eigenvalue weighted by Crippen LogP contribution is 2.43. The molecule has 0 spiro atoms. The minimum Gasteiger partial charge on any atom is -0.462 e. The third kappa shape index (κ3) is 52.5. The maximum atomic E-state index is 12.9. The van der Waals surface area contributed by atoms with Gasteiger partial charge < -0.3 is 24.2 Å². The number of aliphatic hydroxyl groups excluding tert-OH is 1. The second-order valence-electron chi connectivity index (χ2n) is 18.0. The zero-order valence-electron chi connectivity index (χ0n) is 46.0. The van der Waals surface area contributed by atoms with Gasteiger partial charge in [-0.25, -0.2) is 4.57 Å². The van der Waals surface area contributed by atoms with Crippen molar-refractivity contribution in [2.75, 3.05) is 26.4 Å². The summed E-state index contributed by atoms with van der Waals surface area (Å²) < 4.78 is 39.3. The van der Waals surface area contributed by atoms with Crippen LogP contribution in [0.1, 0.15) is 201 Å². The maximum absolute atomic E-state index is 12.9. The predicted molar refractivity (Wildman–Crippen MR) is 306 cm³/mol. The number of rotatable bonds is 50. The predicted octanol–water partition coefficient (Wildman–Crippen LogP) is 16.6. The molecule has 0 amide bonds. The van der Waals surface area contributed by atoms with Gasteiger partial charge in [0.05, 0.1) is 26.2 Å². The van der Waals surface area contributed by atoms with E-state index in [4.69, 9.17) is 23.3 Å². The van der Waals surface area contributed by atoms with Crippen LogP contribution < -0.4 is 0 Å². The first-order valence-electron chi connectivity index (χ1n) is 28.1. The number of allylic oxidation sites excluding steroid dienone is 21. The summed E-state index contributed by atoms with van der Waals surface area (Å²) in [7, 11) is -4.79. The van der Waals surface area contributed by atoms with Gasteiger partial charge in [0.15, 0.2) is 6.10 Å². The summed E-state index contributed by atoms with van der Waals surface area (Å²) in [5.74, 6) is -1.71. The van der Waals surface area contributed by atoms with Crippen molar-refractivity contribution in [3.05, 3.63) is 134 Å². The van der Waals surface area contributed by atoms with E-state index in [2.05, 4.69) is 118 Å². The number of ether oxygens (including phenoxy) is 3. The third-order valence-electron chi connectivity index (χ3n) is 11.1. The molecule has 0 aliphatic heterocycles. The monoisotopic (exact) mass is 1050 g/mol. The minimum atomic E-state index is -4.79. The Labute approximate surface area is 449 Å². The molecule has 0 rings (SSSR count). The second kappa shape index (κ2) is 54.9. The van der Waals surface area contributed by atoms with Gasteiger partial charge in [0.25, 0.3) is 0 Å². The molecule has 0 fully saturated rings. The van der Waals surface area contributed by atoms with Gasteiger partial charge in [0.1, 0.15) is 12.7 Å². The van der Waals surface area contributed by atoms with Gasteiger partial charge >= 0.3 is 25.7 Å². The number of unbranched alkanes of at least 4 members (excludes halogenated alkanes) is 12. The fraction of sp³-hybridized carbons (Fsp3) is 0.597. The van der Waals surface area contributed by atoms with E-state index in [1.54, 1.807) is 6.08 Å². The number of hydrogen-bond donors (Lipinski definition) is 2. The van der Waals surface area contributed by atoms with E-state index < -0.39 is 64.4 Å². The van der Waals surface area contributed by atoms with Gasteiger partial charge in [0.2, 0.25) is 0 Å². The van der Waals surface area contributed by atoms with Crippen molar-refractivity contribution in [1.29, 1.82) is 0 Å². The molecule has 0 bridgehead atoms. The van der Waals surface area contributed by atoms with Crippen molar-refractivity contribution in [2.24, 2.45) is 0 Å². The summed E-state index contributed by atoms with van der Waals surface area (Å²) in [6.45, 7) is 4.20. The van der Waals surface area contributed by atoms with Crippen LogP contribution in [0.25, 0.3) is 0 Å². The van der Waals surface area contributed by atoms with Crippen molar-refractivity contribution >= 4 is 25.7 Å². The molecule has 12 heteroatoms. The highest BCUT2D eigenvalue weighted by atomic mass is 31.2. The Morgan fingerprint density at radius 2 is 0.770 bits per heavy atom. The molecule has 74 heavy (non-hydrogen) atoms. The summed E-state index contributed by atoms with van der Waals surface area (Å²) >= 11 is 0. The van der Waals surface area contributed by atoms with Crippen LogP contribution in [0.2, 0.25) is 0 Å². The van der Waals surface area contributed by atoms with Crippen LogP contribution in [0.4, 0.5) is 0 Å². The van der Waals surface area contributed by atoms with Crippen molar-refractivity contribution in [3.63, 3.8) is 0 Å². The van der Waals surface area contributed by atoms with Gasteiger partial charge in [-0.15, -0.1) is 0 Å². The van der Waals surface area contributed by atoms with Crippen LogP contribution in [-0.4, -0.2) is 66.5 Å². The standard InChI is InChI=1S/C62H99O11P/c1-4-7-10-13-16-19-22-25-28-29-32-33-36-39-42-45-48-51-60(64)69-55-59(73-62(66)53-50-47-44-41-38-35-31-27-24-21-18-15-12-9-6-3)57-71-74(67,68)70-56-58(54-63)72-61(65)52-49-46-43-40-37-34-30-26-23-20-17-14-11-8-5-2/h7,9-10,12,16,18-19,21,25-28,30-33,38-39,41-42,47,50,58-59,63H,4-6,8,11,13-15,17,20,22-24,29,34-37,40,43-46,48-49,51-57H2,1-3H3,(H,67,68)/b10-7-,12-9-,19-16-,21-18-,28-25-,30-26-,31-27-,33-32-,41-38-,42-39-,50-47-. The summed E-state index contributed by atoms with van der Waals surface area (Å²) in [6.07, 6.45) is 68.8. The molecule has 0 saturated carbocycles. The lowest BCUT2D eigenvalue weighted by Crippen LogP contribution is -2.30. The third-order valence-corrected chi connectivity index (χ3v) is 12.0. The smallest absolute Gasteiger partial charge is 0.462 e. The van der Waals surface area contributed by atoms with Gasteiger partial charge in [-0.2, -0.15) is 0 Å². The van der Waals surface area contributed by atoms with Crippen LogP contribution in [0, 0.1) is 0 Å². The van der Waals surface area contributed by atoms with Crippen LogP contribution in [0.3, 0.4) is 0 Å². The summed E-state index contributed by atoms with van der Waals surface area (Å²) in [4.78, 5) is 48.4. The average Bonchev–Trinajstić information content (AvgIpc) is 3.39. The van der Waals surface area contributed by atoms with Gasteiger partial charge in [0, 0.05) is 12.8 Å². The summed E-state index contributed by atoms with van der Waals surface area (Å²) in [6, 6.07) is 0. The van der Waals surface area contributed by atoms with E-state index in [0.29, 0.717) is 25.7 Å². The Morgan fingerprint density at radius 1 is 0.405 bits per heavy atom. The molecule has 0 aromatic carbocycles.